The third-order valence-corrected chi connectivity index (χ3v) is 3.61. The summed E-state index contributed by atoms with van der Waals surface area (Å²) in [6.45, 7) is -0.0560. The maximum absolute atomic E-state index is 5.81. The van der Waals surface area contributed by atoms with Crippen molar-refractivity contribution in [3.05, 3.63) is 24.3 Å². The molecule has 0 bridgehead atoms. The van der Waals surface area contributed by atoms with Crippen LogP contribution in [0.15, 0.2) is 24.3 Å². The van der Waals surface area contributed by atoms with E-state index in [9.17, 15) is 0 Å². The summed E-state index contributed by atoms with van der Waals surface area (Å²) in [6, 6.07) is 7.10. The second-order valence-electron chi connectivity index (χ2n) is 3.49. The molecule has 1 atom stereocenters. The van der Waals surface area contributed by atoms with E-state index in [-0.39, 0.29) is 0 Å². The standard InChI is InChI=1S/C11H18NO3PS/c1-3-4-9-14-16(12,17)15-11-7-5-10(13-2)6-8-11/h5-8H,3-4,9H2,1-2H3,(H2,12,17). The summed E-state index contributed by atoms with van der Waals surface area (Å²) in [5, 5.41) is 0. The molecule has 0 amide bonds. The summed E-state index contributed by atoms with van der Waals surface area (Å²) >= 11 is 5.11. The van der Waals surface area contributed by atoms with Gasteiger partial charge in [-0.25, -0.2) is 5.50 Å². The Balaban J connectivity index is 2.53. The molecule has 1 unspecified atom stereocenters. The summed E-state index contributed by atoms with van der Waals surface area (Å²) in [7, 11) is 1.61. The topological polar surface area (TPSA) is 53.7 Å². The highest BCUT2D eigenvalue weighted by atomic mass is 32.5. The number of nitrogens with two attached hydrogens (primary N) is 1. The zero-order valence-corrected chi connectivity index (χ0v) is 11.8. The molecule has 17 heavy (non-hydrogen) atoms. The van der Waals surface area contributed by atoms with Crippen LogP contribution in [0.1, 0.15) is 19.8 Å². The molecule has 1 aromatic rings. The van der Waals surface area contributed by atoms with Crippen LogP contribution in [0.4, 0.5) is 0 Å². The maximum atomic E-state index is 5.81. The van der Waals surface area contributed by atoms with Crippen LogP contribution in [0.3, 0.4) is 0 Å². The van der Waals surface area contributed by atoms with E-state index < -0.39 is 6.64 Å². The number of benzene rings is 1. The van der Waals surface area contributed by atoms with Crippen molar-refractivity contribution in [1.29, 1.82) is 0 Å². The van der Waals surface area contributed by atoms with Crippen molar-refractivity contribution in [2.75, 3.05) is 13.7 Å². The fraction of sp³-hybridized carbons (Fsp3) is 0.455. The van der Waals surface area contributed by atoms with Crippen molar-refractivity contribution in [3.8, 4) is 11.5 Å². The molecule has 0 spiro atoms. The fourth-order valence-corrected chi connectivity index (χ4v) is 2.48. The molecule has 0 aromatic heterocycles. The lowest BCUT2D eigenvalue weighted by atomic mass is 10.3. The molecule has 1 aromatic carbocycles. The zero-order valence-electron chi connectivity index (χ0n) is 10.1. The lowest BCUT2D eigenvalue weighted by Gasteiger charge is -2.18. The Morgan fingerprint density at radius 3 is 2.35 bits per heavy atom. The van der Waals surface area contributed by atoms with E-state index in [4.69, 9.17) is 31.1 Å². The molecule has 4 nitrogen and oxygen atoms in total. The molecule has 0 aliphatic rings. The second kappa shape index (κ2) is 6.97. The van der Waals surface area contributed by atoms with Crippen LogP contribution < -0.4 is 14.8 Å². The monoisotopic (exact) mass is 275 g/mol. The Labute approximate surface area is 107 Å². The largest absolute Gasteiger partial charge is 0.497 e. The average molecular weight is 275 g/mol. The van der Waals surface area contributed by atoms with Gasteiger partial charge in [-0.3, -0.25) is 0 Å². The zero-order chi connectivity index (χ0) is 12.7. The molecule has 0 heterocycles. The van der Waals surface area contributed by atoms with E-state index in [1.807, 2.05) is 0 Å². The van der Waals surface area contributed by atoms with Gasteiger partial charge in [0.25, 0.3) is 0 Å². The Kier molecular flexibility index (Phi) is 5.92. The van der Waals surface area contributed by atoms with Gasteiger partial charge in [-0.1, -0.05) is 13.3 Å². The number of rotatable bonds is 7. The Bertz CT molecular complexity index is 383. The van der Waals surface area contributed by atoms with Crippen molar-refractivity contribution in [2.45, 2.75) is 19.8 Å². The normalized spacial score (nSPS) is 14.1. The van der Waals surface area contributed by atoms with E-state index in [1.165, 1.54) is 0 Å². The van der Waals surface area contributed by atoms with Crippen LogP contribution in [0, 0.1) is 0 Å². The summed E-state index contributed by atoms with van der Waals surface area (Å²) in [5.74, 6) is 1.36. The minimum Gasteiger partial charge on any atom is -0.497 e. The van der Waals surface area contributed by atoms with Crippen molar-refractivity contribution in [3.63, 3.8) is 0 Å². The predicted octanol–water partition coefficient (Wildman–Crippen LogP) is 3.07. The molecule has 0 saturated carbocycles. The number of unbranched alkanes of at least 4 members (excludes halogenated alkanes) is 1. The summed E-state index contributed by atoms with van der Waals surface area (Å²) in [6.07, 6.45) is 1.97. The van der Waals surface area contributed by atoms with Gasteiger partial charge in [-0.15, -0.1) is 0 Å². The SMILES string of the molecule is CCCCOP(N)(=S)Oc1ccc(OC)cc1. The second-order valence-corrected chi connectivity index (χ2v) is 6.54. The summed E-state index contributed by atoms with van der Waals surface area (Å²) in [5.41, 5.74) is 5.81. The summed E-state index contributed by atoms with van der Waals surface area (Å²) in [4.78, 5) is 0. The number of hydrogen-bond acceptors (Lipinski definition) is 4. The third-order valence-electron chi connectivity index (χ3n) is 2.06. The molecule has 1 rings (SSSR count). The Hall–Kier alpha value is -0.610. The molecule has 6 heteroatoms. The highest BCUT2D eigenvalue weighted by Crippen LogP contribution is 2.40. The first-order valence-corrected chi connectivity index (χ1v) is 8.15. The molecule has 2 N–H and O–H groups in total. The lowest BCUT2D eigenvalue weighted by Crippen LogP contribution is -2.07. The van der Waals surface area contributed by atoms with Gasteiger partial charge in [0, 0.05) is 0 Å². The van der Waals surface area contributed by atoms with Crippen LogP contribution in [0.25, 0.3) is 0 Å². The molecule has 0 fully saturated rings. The van der Waals surface area contributed by atoms with Gasteiger partial charge in [0.05, 0.1) is 13.7 Å². The third kappa shape index (κ3) is 5.50. The minimum absolute atomic E-state index is 0.542. The first kappa shape index (κ1) is 14.5. The maximum Gasteiger partial charge on any atom is 0.310 e. The Morgan fingerprint density at radius 2 is 1.82 bits per heavy atom. The average Bonchev–Trinajstić information content (AvgIpc) is 2.30. The van der Waals surface area contributed by atoms with Crippen LogP contribution in [-0.4, -0.2) is 13.7 Å². The fourth-order valence-electron chi connectivity index (χ4n) is 1.15. The van der Waals surface area contributed by atoms with Crippen molar-refractivity contribution >= 4 is 18.4 Å². The first-order chi connectivity index (χ1) is 8.07. The highest BCUT2D eigenvalue weighted by Gasteiger charge is 2.13. The van der Waals surface area contributed by atoms with E-state index in [0.29, 0.717) is 12.4 Å². The predicted molar refractivity (Wildman–Crippen MR) is 73.0 cm³/mol. The summed E-state index contributed by atoms with van der Waals surface area (Å²) < 4.78 is 15.9. The highest BCUT2D eigenvalue weighted by molar-refractivity contribution is 8.09. The van der Waals surface area contributed by atoms with Gasteiger partial charge in [0.15, 0.2) is 0 Å². The van der Waals surface area contributed by atoms with E-state index in [2.05, 4.69) is 6.92 Å². The van der Waals surface area contributed by atoms with Gasteiger partial charge in [0.1, 0.15) is 11.5 Å². The molecule has 0 saturated heterocycles. The molecular weight excluding hydrogens is 257 g/mol. The van der Waals surface area contributed by atoms with E-state index >= 15 is 0 Å². The van der Waals surface area contributed by atoms with Crippen LogP contribution in [0.2, 0.25) is 0 Å². The lowest BCUT2D eigenvalue weighted by molar-refractivity contribution is 0.304. The smallest absolute Gasteiger partial charge is 0.310 e. The van der Waals surface area contributed by atoms with Gasteiger partial charge >= 0.3 is 6.64 Å². The number of methoxy groups -OCH3 is 1. The molecule has 0 aliphatic heterocycles. The molecule has 96 valence electrons. The van der Waals surface area contributed by atoms with Gasteiger partial charge in [-0.05, 0) is 42.5 Å². The van der Waals surface area contributed by atoms with Crippen LogP contribution >= 0.6 is 6.64 Å². The van der Waals surface area contributed by atoms with Gasteiger partial charge < -0.3 is 13.8 Å². The molecular formula is C11H18NO3PS. The van der Waals surface area contributed by atoms with E-state index in [0.717, 1.165) is 18.6 Å². The number of hydrogen-bond donors (Lipinski definition) is 1. The Morgan fingerprint density at radius 1 is 1.24 bits per heavy atom. The van der Waals surface area contributed by atoms with Crippen molar-refractivity contribution in [2.24, 2.45) is 5.50 Å². The minimum atomic E-state index is -2.68. The van der Waals surface area contributed by atoms with Crippen molar-refractivity contribution in [1.82, 2.24) is 0 Å². The van der Waals surface area contributed by atoms with Crippen molar-refractivity contribution < 1.29 is 13.8 Å². The number of ether oxygens (including phenoxy) is 1. The van der Waals surface area contributed by atoms with Gasteiger partial charge in [0.2, 0.25) is 0 Å². The van der Waals surface area contributed by atoms with Crippen LogP contribution in [-0.2, 0) is 16.3 Å². The van der Waals surface area contributed by atoms with Gasteiger partial charge in [-0.2, -0.15) is 0 Å². The molecule has 0 radical (unpaired) electrons. The first-order valence-electron chi connectivity index (χ1n) is 5.44. The van der Waals surface area contributed by atoms with Crippen LogP contribution in [0.5, 0.6) is 11.5 Å². The van der Waals surface area contributed by atoms with E-state index in [1.54, 1.807) is 31.4 Å². The molecule has 0 aliphatic carbocycles. The quantitative estimate of drug-likeness (QED) is 0.612.